The molecule has 2 aliphatic carbocycles. The van der Waals surface area contributed by atoms with Crippen LogP contribution in [0.15, 0.2) is 30.7 Å². The number of hydrogen-bond donors (Lipinski definition) is 3. The monoisotopic (exact) mass is 565 g/mol. The molecule has 2 aliphatic rings. The lowest BCUT2D eigenvalue weighted by Crippen LogP contribution is -2.33. The molecule has 0 unspecified atom stereocenters. The molecule has 2 fully saturated rings. The Kier molecular flexibility index (Phi) is 8.96. The van der Waals surface area contributed by atoms with E-state index in [2.05, 4.69) is 30.8 Å². The Morgan fingerprint density at radius 2 is 1.73 bits per heavy atom. The van der Waals surface area contributed by atoms with E-state index in [1.165, 1.54) is 23.0 Å². The molecule has 0 atom stereocenters. The summed E-state index contributed by atoms with van der Waals surface area (Å²) in [5, 5.41) is 14.4. The Labute approximate surface area is 239 Å². The van der Waals surface area contributed by atoms with Crippen LogP contribution in [-0.2, 0) is 4.79 Å². The van der Waals surface area contributed by atoms with Gasteiger partial charge in [-0.15, -0.1) is 5.10 Å². The molecule has 220 valence electrons. The molecule has 5 rings (SSSR count). The van der Waals surface area contributed by atoms with E-state index in [-0.39, 0.29) is 23.3 Å². The molecule has 0 radical (unpaired) electrons. The van der Waals surface area contributed by atoms with E-state index in [1.54, 1.807) is 0 Å². The van der Waals surface area contributed by atoms with Crippen LogP contribution in [0.3, 0.4) is 0 Å². The van der Waals surface area contributed by atoms with Crippen molar-refractivity contribution >= 4 is 34.7 Å². The number of rotatable bonds is 12. The van der Waals surface area contributed by atoms with Crippen molar-refractivity contribution in [3.05, 3.63) is 42.2 Å². The van der Waals surface area contributed by atoms with Gasteiger partial charge >= 0.3 is 0 Å². The number of imidazole rings is 1. The van der Waals surface area contributed by atoms with Crippen molar-refractivity contribution < 1.29 is 14.0 Å². The van der Waals surface area contributed by atoms with Gasteiger partial charge in [-0.25, -0.2) is 13.9 Å². The Morgan fingerprint density at radius 3 is 2.44 bits per heavy atom. The summed E-state index contributed by atoms with van der Waals surface area (Å²) in [4.78, 5) is 38.0. The minimum Gasteiger partial charge on any atom is -0.379 e. The molecular weight excluding hydrogens is 525 g/mol. The fourth-order valence-corrected chi connectivity index (χ4v) is 5.28. The molecular formula is C29H40FN9O2. The molecule has 11 nitrogen and oxygen atoms in total. The van der Waals surface area contributed by atoms with Crippen LogP contribution in [0.2, 0.25) is 0 Å². The highest BCUT2D eigenvalue weighted by Gasteiger charge is 2.27. The second-order valence-electron chi connectivity index (χ2n) is 11.6. The summed E-state index contributed by atoms with van der Waals surface area (Å²) in [6.07, 6.45) is 11.5. The number of carbonyl (C=O) groups is 2. The molecule has 0 aliphatic heterocycles. The first-order valence-corrected chi connectivity index (χ1v) is 14.5. The maximum Gasteiger partial charge on any atom is 0.276 e. The van der Waals surface area contributed by atoms with Crippen molar-refractivity contribution in [2.45, 2.75) is 63.5 Å². The third-order valence-electron chi connectivity index (χ3n) is 7.84. The largest absolute Gasteiger partial charge is 0.379 e. The maximum atomic E-state index is 14.1. The van der Waals surface area contributed by atoms with Gasteiger partial charge in [0.1, 0.15) is 5.82 Å². The third kappa shape index (κ3) is 7.49. The van der Waals surface area contributed by atoms with Crippen molar-refractivity contribution in [3.8, 4) is 0 Å². The van der Waals surface area contributed by atoms with Gasteiger partial charge in [-0.05, 0) is 77.6 Å². The highest BCUT2D eigenvalue weighted by Crippen LogP contribution is 2.32. The molecule has 12 heteroatoms. The van der Waals surface area contributed by atoms with E-state index < -0.39 is 11.7 Å². The number of hydrogen-bond acceptors (Lipinski definition) is 8. The van der Waals surface area contributed by atoms with Gasteiger partial charge < -0.3 is 25.8 Å². The van der Waals surface area contributed by atoms with E-state index >= 15 is 0 Å². The highest BCUT2D eigenvalue weighted by atomic mass is 19.1. The second kappa shape index (κ2) is 12.8. The Bertz CT molecular complexity index is 1370. The minimum atomic E-state index is -0.616. The van der Waals surface area contributed by atoms with Gasteiger partial charge in [-0.2, -0.15) is 0 Å². The number of carbonyl (C=O) groups excluding carboxylic acids is 2. The number of nitrogens with one attached hydrogen (secondary N) is 3. The smallest absolute Gasteiger partial charge is 0.276 e. The Hall–Kier alpha value is -3.80. The van der Waals surface area contributed by atoms with Gasteiger partial charge in [-0.3, -0.25) is 14.6 Å². The van der Waals surface area contributed by atoms with E-state index in [0.29, 0.717) is 29.8 Å². The van der Waals surface area contributed by atoms with Crippen molar-refractivity contribution in [1.29, 1.82) is 0 Å². The number of fused-ring (bicyclic) bond motifs is 1. The van der Waals surface area contributed by atoms with Crippen LogP contribution in [0.4, 0.5) is 21.6 Å². The van der Waals surface area contributed by atoms with Crippen LogP contribution in [0.5, 0.6) is 0 Å². The summed E-state index contributed by atoms with van der Waals surface area (Å²) < 4.78 is 15.6. The third-order valence-corrected chi connectivity index (χ3v) is 7.84. The zero-order valence-electron chi connectivity index (χ0n) is 24.1. The topological polar surface area (TPSA) is 120 Å². The van der Waals surface area contributed by atoms with Crippen molar-refractivity contribution in [3.63, 3.8) is 0 Å². The van der Waals surface area contributed by atoms with E-state index in [9.17, 15) is 14.0 Å². The predicted octanol–water partition coefficient (Wildman–Crippen LogP) is 3.86. The van der Waals surface area contributed by atoms with Crippen molar-refractivity contribution in [1.82, 2.24) is 29.4 Å². The lowest BCUT2D eigenvalue weighted by Gasteiger charge is -2.30. The summed E-state index contributed by atoms with van der Waals surface area (Å²) in [5.74, 6) is 0.122. The Balaban J connectivity index is 1.23. The molecule has 0 spiro atoms. The Morgan fingerprint density at radius 1 is 1.00 bits per heavy atom. The number of nitrogens with zero attached hydrogens (tertiary/aromatic N) is 6. The second-order valence-corrected chi connectivity index (χ2v) is 11.6. The van der Waals surface area contributed by atoms with Gasteiger partial charge in [0.2, 0.25) is 5.91 Å². The number of pyridine rings is 1. The number of aromatic nitrogens is 4. The molecule has 3 heterocycles. The van der Waals surface area contributed by atoms with Gasteiger partial charge in [-0.1, -0.05) is 0 Å². The molecule has 3 aromatic heterocycles. The first kappa shape index (κ1) is 28.7. The number of anilines is 3. The average molecular weight is 566 g/mol. The molecule has 3 aromatic rings. The van der Waals surface area contributed by atoms with Crippen LogP contribution in [-0.4, -0.2) is 87.5 Å². The van der Waals surface area contributed by atoms with E-state index in [4.69, 9.17) is 5.10 Å². The van der Waals surface area contributed by atoms with Crippen LogP contribution in [0.25, 0.3) is 5.65 Å². The first-order chi connectivity index (χ1) is 19.8. The summed E-state index contributed by atoms with van der Waals surface area (Å²) >= 11 is 0. The predicted molar refractivity (Wildman–Crippen MR) is 157 cm³/mol. The molecule has 41 heavy (non-hydrogen) atoms. The standard InChI is InChI=1S/C29H40FN9O2/c1-37(2)13-4-14-38(3)27(40)15-19-5-7-21(8-6-19)34-26-16-24(33-20-9-10-20)28-32-18-25(39(28)36-26)29(41)35-23-11-12-31-17-22(23)30/h11-12,16-21,33H,4-10,13-15H2,1-3H3,(H,34,36)(H,31,35,41). The van der Waals surface area contributed by atoms with Crippen molar-refractivity contribution in [2.75, 3.05) is 50.2 Å². The lowest BCUT2D eigenvalue weighted by molar-refractivity contribution is -0.131. The fourth-order valence-electron chi connectivity index (χ4n) is 5.28. The summed E-state index contributed by atoms with van der Waals surface area (Å²) in [6, 6.07) is 3.94. The fraction of sp³-hybridized carbons (Fsp3) is 0.552. The quantitative estimate of drug-likeness (QED) is 0.303. The molecule has 0 bridgehead atoms. The average Bonchev–Trinajstić information content (AvgIpc) is 3.65. The highest BCUT2D eigenvalue weighted by molar-refractivity contribution is 6.03. The number of halogens is 1. The van der Waals surface area contributed by atoms with Gasteiger partial charge in [0.05, 0.1) is 23.8 Å². The van der Waals surface area contributed by atoms with Gasteiger partial charge in [0.15, 0.2) is 17.2 Å². The first-order valence-electron chi connectivity index (χ1n) is 14.5. The van der Waals surface area contributed by atoms with Gasteiger partial charge in [0, 0.05) is 44.4 Å². The SMILES string of the molecule is CN(C)CCCN(C)C(=O)CC1CCC(Nc2cc(NC3CC3)c3ncc(C(=O)Nc4ccncc4F)n3n2)CC1. The minimum absolute atomic E-state index is 0.0422. The van der Waals surface area contributed by atoms with E-state index in [0.717, 1.165) is 69.9 Å². The van der Waals surface area contributed by atoms with Crippen LogP contribution >= 0.6 is 0 Å². The summed E-state index contributed by atoms with van der Waals surface area (Å²) in [6.45, 7) is 1.76. The normalized spacial score (nSPS) is 18.9. The lowest BCUT2D eigenvalue weighted by atomic mass is 9.84. The molecule has 3 N–H and O–H groups in total. The molecule has 0 aromatic carbocycles. The molecule has 0 saturated heterocycles. The van der Waals surface area contributed by atoms with Crippen LogP contribution in [0, 0.1) is 11.7 Å². The van der Waals surface area contributed by atoms with E-state index in [1.807, 2.05) is 32.1 Å². The molecule has 2 amide bonds. The molecule has 2 saturated carbocycles. The number of amides is 2. The zero-order valence-corrected chi connectivity index (χ0v) is 24.1. The summed E-state index contributed by atoms with van der Waals surface area (Å²) in [5.41, 5.74) is 1.59. The van der Waals surface area contributed by atoms with Crippen molar-refractivity contribution in [2.24, 2.45) is 5.92 Å². The summed E-state index contributed by atoms with van der Waals surface area (Å²) in [7, 11) is 5.99. The zero-order chi connectivity index (χ0) is 28.9. The van der Waals surface area contributed by atoms with Crippen LogP contribution < -0.4 is 16.0 Å². The maximum absolute atomic E-state index is 14.1. The van der Waals surface area contributed by atoms with Crippen LogP contribution in [0.1, 0.15) is 61.9 Å². The van der Waals surface area contributed by atoms with Gasteiger partial charge in [0.25, 0.3) is 5.91 Å².